The van der Waals surface area contributed by atoms with Crippen molar-refractivity contribution >= 4 is 10.9 Å². The summed E-state index contributed by atoms with van der Waals surface area (Å²) in [6.07, 6.45) is 1.91. The Morgan fingerprint density at radius 3 is 2.71 bits per heavy atom. The van der Waals surface area contributed by atoms with E-state index in [9.17, 15) is 0 Å². The molecule has 0 saturated heterocycles. The Labute approximate surface area is 102 Å². The van der Waals surface area contributed by atoms with Crippen LogP contribution in [-0.4, -0.2) is 12.1 Å². The van der Waals surface area contributed by atoms with E-state index >= 15 is 0 Å². The highest BCUT2D eigenvalue weighted by Crippen LogP contribution is 2.31. The molecule has 0 amide bonds. The molecule has 0 aliphatic carbocycles. The van der Waals surface area contributed by atoms with Gasteiger partial charge in [0.1, 0.15) is 5.75 Å². The number of methoxy groups -OCH3 is 1. The Balaban J connectivity index is 2.66. The van der Waals surface area contributed by atoms with Gasteiger partial charge >= 0.3 is 0 Å². The first-order valence-corrected chi connectivity index (χ1v) is 6.15. The van der Waals surface area contributed by atoms with Crippen molar-refractivity contribution in [2.75, 3.05) is 7.11 Å². The highest BCUT2D eigenvalue weighted by atomic mass is 16.5. The van der Waals surface area contributed by atoms with Gasteiger partial charge in [-0.1, -0.05) is 13.8 Å². The maximum atomic E-state index is 6.21. The minimum absolute atomic E-state index is 0.0887. The van der Waals surface area contributed by atoms with Crippen LogP contribution in [-0.2, 0) is 6.42 Å². The van der Waals surface area contributed by atoms with Crippen LogP contribution < -0.4 is 10.5 Å². The number of rotatable bonds is 4. The number of aromatic amines is 1. The van der Waals surface area contributed by atoms with E-state index in [-0.39, 0.29) is 6.04 Å². The lowest BCUT2D eigenvalue weighted by molar-refractivity contribution is 0.415. The summed E-state index contributed by atoms with van der Waals surface area (Å²) in [4.78, 5) is 3.44. The normalized spacial score (nSPS) is 12.9. The van der Waals surface area contributed by atoms with E-state index in [0.717, 1.165) is 24.1 Å². The lowest BCUT2D eigenvalue weighted by Crippen LogP contribution is -2.10. The van der Waals surface area contributed by atoms with Gasteiger partial charge in [0, 0.05) is 22.6 Å². The number of hydrogen-bond donors (Lipinski definition) is 2. The third-order valence-corrected chi connectivity index (χ3v) is 3.29. The lowest BCUT2D eigenvalue weighted by Gasteiger charge is -2.10. The van der Waals surface area contributed by atoms with Gasteiger partial charge < -0.3 is 15.5 Å². The van der Waals surface area contributed by atoms with E-state index in [0.29, 0.717) is 0 Å². The molecule has 1 unspecified atom stereocenters. The van der Waals surface area contributed by atoms with Gasteiger partial charge in [-0.2, -0.15) is 0 Å². The van der Waals surface area contributed by atoms with Crippen LogP contribution in [0.25, 0.3) is 10.9 Å². The van der Waals surface area contributed by atoms with Crippen LogP contribution in [0.4, 0.5) is 0 Å². The van der Waals surface area contributed by atoms with Crippen LogP contribution >= 0.6 is 0 Å². The van der Waals surface area contributed by atoms with Crippen molar-refractivity contribution in [3.63, 3.8) is 0 Å². The van der Waals surface area contributed by atoms with Gasteiger partial charge in [-0.3, -0.25) is 0 Å². The molecule has 0 saturated carbocycles. The molecule has 1 aromatic carbocycles. The monoisotopic (exact) mass is 232 g/mol. The Hall–Kier alpha value is -1.48. The number of nitrogens with two attached hydrogens (primary N) is 1. The van der Waals surface area contributed by atoms with E-state index in [1.165, 1.54) is 16.6 Å². The third kappa shape index (κ3) is 2.03. The number of hydrogen-bond acceptors (Lipinski definition) is 2. The number of H-pyrrole nitrogens is 1. The quantitative estimate of drug-likeness (QED) is 0.850. The van der Waals surface area contributed by atoms with Crippen molar-refractivity contribution in [3.8, 4) is 5.75 Å². The minimum Gasteiger partial charge on any atom is -0.497 e. The van der Waals surface area contributed by atoms with E-state index < -0.39 is 0 Å². The summed E-state index contributed by atoms with van der Waals surface area (Å²) in [5.41, 5.74) is 9.83. The average molecular weight is 232 g/mol. The number of aromatic nitrogens is 1. The molecule has 0 radical (unpaired) electrons. The first-order valence-electron chi connectivity index (χ1n) is 6.15. The molecular weight excluding hydrogens is 212 g/mol. The van der Waals surface area contributed by atoms with Crippen LogP contribution in [0.5, 0.6) is 5.75 Å². The Bertz CT molecular complexity index is 516. The van der Waals surface area contributed by atoms with Crippen LogP contribution in [0.15, 0.2) is 18.2 Å². The van der Waals surface area contributed by atoms with E-state index in [1.54, 1.807) is 7.11 Å². The summed E-state index contributed by atoms with van der Waals surface area (Å²) in [5.74, 6) is 0.878. The smallest absolute Gasteiger partial charge is 0.119 e. The lowest BCUT2D eigenvalue weighted by atomic mass is 10.0. The second-order valence-electron chi connectivity index (χ2n) is 4.30. The first kappa shape index (κ1) is 12.0. The molecule has 0 aliphatic heterocycles. The molecule has 2 aromatic rings. The fraction of sp³-hybridized carbons (Fsp3) is 0.429. The summed E-state index contributed by atoms with van der Waals surface area (Å²) >= 11 is 0. The molecule has 92 valence electrons. The molecule has 0 aliphatic rings. The Morgan fingerprint density at radius 1 is 1.35 bits per heavy atom. The predicted octanol–water partition coefficient (Wildman–Crippen LogP) is 3.15. The Kier molecular flexibility index (Phi) is 3.38. The van der Waals surface area contributed by atoms with Gasteiger partial charge in [-0.05, 0) is 36.6 Å². The number of fused-ring (bicyclic) bond motifs is 1. The predicted molar refractivity (Wildman–Crippen MR) is 71.4 cm³/mol. The SMILES string of the molecule is CCc1[nH]c2ccc(OC)cc2c1C(N)CC. The van der Waals surface area contributed by atoms with E-state index in [4.69, 9.17) is 10.5 Å². The number of aryl methyl sites for hydroxylation is 1. The maximum Gasteiger partial charge on any atom is 0.119 e. The average Bonchev–Trinajstić information content (AvgIpc) is 2.74. The van der Waals surface area contributed by atoms with Gasteiger partial charge in [0.15, 0.2) is 0 Å². The highest BCUT2D eigenvalue weighted by Gasteiger charge is 2.15. The van der Waals surface area contributed by atoms with Crippen molar-refractivity contribution in [1.29, 1.82) is 0 Å². The summed E-state index contributed by atoms with van der Waals surface area (Å²) in [6.45, 7) is 4.26. The van der Waals surface area contributed by atoms with Crippen LogP contribution in [0, 0.1) is 0 Å². The first-order chi connectivity index (χ1) is 8.21. The minimum atomic E-state index is 0.0887. The van der Waals surface area contributed by atoms with Crippen LogP contribution in [0.3, 0.4) is 0 Å². The Morgan fingerprint density at radius 2 is 2.12 bits per heavy atom. The molecular formula is C14H20N2O. The molecule has 17 heavy (non-hydrogen) atoms. The molecule has 1 atom stereocenters. The van der Waals surface area contributed by atoms with Gasteiger partial charge in [0.2, 0.25) is 0 Å². The number of nitrogens with one attached hydrogen (secondary N) is 1. The summed E-state index contributed by atoms with van der Waals surface area (Å²) in [7, 11) is 1.69. The highest BCUT2D eigenvalue weighted by molar-refractivity contribution is 5.86. The second kappa shape index (κ2) is 4.80. The van der Waals surface area contributed by atoms with Gasteiger partial charge in [-0.25, -0.2) is 0 Å². The zero-order valence-electron chi connectivity index (χ0n) is 10.7. The molecule has 3 N–H and O–H groups in total. The number of ether oxygens (including phenoxy) is 1. The zero-order chi connectivity index (χ0) is 12.4. The molecule has 3 nitrogen and oxygen atoms in total. The number of benzene rings is 1. The van der Waals surface area contributed by atoms with E-state index in [1.807, 2.05) is 6.07 Å². The molecule has 1 heterocycles. The molecule has 0 fully saturated rings. The standard InChI is InChI=1S/C14H20N2O/c1-4-11(15)14-10-8-9(17-3)6-7-13(10)16-12(14)5-2/h6-8,11,16H,4-5,15H2,1-3H3. The molecule has 0 spiro atoms. The van der Waals surface area contributed by atoms with Crippen molar-refractivity contribution in [1.82, 2.24) is 4.98 Å². The van der Waals surface area contributed by atoms with Crippen LogP contribution in [0.2, 0.25) is 0 Å². The van der Waals surface area contributed by atoms with Gasteiger partial charge in [0.25, 0.3) is 0 Å². The fourth-order valence-corrected chi connectivity index (χ4v) is 2.28. The largest absolute Gasteiger partial charge is 0.497 e. The molecule has 2 rings (SSSR count). The molecule has 1 aromatic heterocycles. The fourth-order valence-electron chi connectivity index (χ4n) is 2.28. The van der Waals surface area contributed by atoms with Crippen molar-refractivity contribution in [2.45, 2.75) is 32.7 Å². The molecule has 3 heteroatoms. The van der Waals surface area contributed by atoms with E-state index in [2.05, 4.69) is 31.0 Å². The second-order valence-corrected chi connectivity index (χ2v) is 4.30. The summed E-state index contributed by atoms with van der Waals surface area (Å²) in [5, 5.41) is 1.19. The summed E-state index contributed by atoms with van der Waals surface area (Å²) in [6, 6.07) is 6.18. The topological polar surface area (TPSA) is 51.0 Å². The molecule has 0 bridgehead atoms. The summed E-state index contributed by atoms with van der Waals surface area (Å²) < 4.78 is 5.28. The maximum absolute atomic E-state index is 6.21. The van der Waals surface area contributed by atoms with Gasteiger partial charge in [-0.15, -0.1) is 0 Å². The third-order valence-electron chi connectivity index (χ3n) is 3.29. The van der Waals surface area contributed by atoms with Crippen LogP contribution in [0.1, 0.15) is 37.6 Å². The van der Waals surface area contributed by atoms with Crippen molar-refractivity contribution in [3.05, 3.63) is 29.5 Å². The van der Waals surface area contributed by atoms with Gasteiger partial charge in [0.05, 0.1) is 7.11 Å². The zero-order valence-corrected chi connectivity index (χ0v) is 10.7. The van der Waals surface area contributed by atoms with Crippen molar-refractivity contribution < 1.29 is 4.74 Å². The van der Waals surface area contributed by atoms with Crippen molar-refractivity contribution in [2.24, 2.45) is 5.73 Å².